The normalized spacial score (nSPS) is 16.2. The summed E-state index contributed by atoms with van der Waals surface area (Å²) in [6.07, 6.45) is 5.98. The number of rotatable bonds is 5. The van der Waals surface area contributed by atoms with Crippen molar-refractivity contribution in [3.8, 4) is 22.9 Å². The number of carbonyl (C=O) groups is 1. The third kappa shape index (κ3) is 3.64. The van der Waals surface area contributed by atoms with Gasteiger partial charge in [-0.2, -0.15) is 5.26 Å². The molecule has 152 valence electrons. The summed E-state index contributed by atoms with van der Waals surface area (Å²) in [5, 5.41) is 19.3. The first kappa shape index (κ1) is 19.6. The van der Waals surface area contributed by atoms with E-state index in [1.165, 1.54) is 31.5 Å². The molecule has 2 N–H and O–H groups in total. The molecule has 30 heavy (non-hydrogen) atoms. The number of pyridine rings is 1. The number of ether oxygens (including phenoxy) is 1. The molecule has 3 aromatic rings. The molecule has 1 aromatic carbocycles. The van der Waals surface area contributed by atoms with Gasteiger partial charge in [0.25, 0.3) is 0 Å². The molecule has 0 amide bonds. The number of benzene rings is 1. The molecular weight excluding hydrogens is 385 g/mol. The number of fused-ring (bicyclic) bond motifs is 1. The average Bonchev–Trinajstić information content (AvgIpc) is 3.17. The molecule has 0 fully saturated rings. The van der Waals surface area contributed by atoms with Gasteiger partial charge in [0.1, 0.15) is 23.3 Å². The van der Waals surface area contributed by atoms with Crippen LogP contribution in [0.2, 0.25) is 0 Å². The van der Waals surface area contributed by atoms with E-state index in [0.29, 0.717) is 39.9 Å². The summed E-state index contributed by atoms with van der Waals surface area (Å²) in [5.74, 6) is -0.582. The zero-order valence-electron chi connectivity index (χ0n) is 16.4. The number of halogens is 1. The lowest BCUT2D eigenvalue weighted by molar-refractivity contribution is -0.138. The Hall–Kier alpha value is -3.66. The van der Waals surface area contributed by atoms with Crippen molar-refractivity contribution in [1.82, 2.24) is 9.97 Å². The Bertz CT molecular complexity index is 1210. The van der Waals surface area contributed by atoms with Crippen LogP contribution >= 0.6 is 0 Å². The zero-order chi connectivity index (χ0) is 21.3. The van der Waals surface area contributed by atoms with E-state index in [9.17, 15) is 14.4 Å². The van der Waals surface area contributed by atoms with E-state index in [1.54, 1.807) is 0 Å². The van der Waals surface area contributed by atoms with E-state index in [0.717, 1.165) is 24.1 Å². The number of carboxylic acid groups (broad SMARTS) is 1. The van der Waals surface area contributed by atoms with Gasteiger partial charge in [0.05, 0.1) is 12.7 Å². The van der Waals surface area contributed by atoms with Gasteiger partial charge in [-0.05, 0) is 55.0 Å². The van der Waals surface area contributed by atoms with E-state index in [-0.39, 0.29) is 12.3 Å². The van der Waals surface area contributed by atoms with Crippen LogP contribution in [0.25, 0.3) is 27.7 Å². The summed E-state index contributed by atoms with van der Waals surface area (Å²) < 4.78 is 19.4. The third-order valence-electron chi connectivity index (χ3n) is 5.54. The van der Waals surface area contributed by atoms with Crippen LogP contribution in [-0.4, -0.2) is 28.2 Å². The molecule has 1 atom stereocenters. The number of aliphatic carboxylic acids is 1. The van der Waals surface area contributed by atoms with Crippen molar-refractivity contribution in [2.75, 3.05) is 7.11 Å². The molecule has 2 heterocycles. The second-order valence-corrected chi connectivity index (χ2v) is 7.42. The smallest absolute Gasteiger partial charge is 0.303 e. The lowest BCUT2D eigenvalue weighted by Gasteiger charge is -2.19. The first-order valence-corrected chi connectivity index (χ1v) is 9.67. The van der Waals surface area contributed by atoms with Gasteiger partial charge in [0.2, 0.25) is 0 Å². The minimum absolute atomic E-state index is 0.145. The maximum atomic E-state index is 14.0. The molecule has 1 aliphatic rings. The molecule has 0 saturated heterocycles. The molecular formula is C23H20FN3O3. The highest BCUT2D eigenvalue weighted by Gasteiger charge is 2.21. The number of nitrogens with zero attached hydrogens (tertiary/aromatic N) is 2. The van der Waals surface area contributed by atoms with Crippen molar-refractivity contribution in [2.45, 2.75) is 25.7 Å². The number of nitriles is 1. The van der Waals surface area contributed by atoms with Gasteiger partial charge < -0.3 is 14.8 Å². The predicted molar refractivity (Wildman–Crippen MR) is 110 cm³/mol. The molecule has 0 aliphatic heterocycles. The molecule has 6 nitrogen and oxygen atoms in total. The standard InChI is InChI=1S/C23H20FN3O3/c1-30-20-7-6-16(24)9-17(20)22-15(11-25)12-26-23-18(22)10-19(27-23)14-4-2-13(3-5-14)8-21(28)29/h4,6-7,9-10,12-13H,2-3,5,8H2,1H3,(H,26,27)(H,28,29). The number of H-pyrrole nitrogens is 1. The Morgan fingerprint density at radius 2 is 2.27 bits per heavy atom. The van der Waals surface area contributed by atoms with Gasteiger partial charge in [-0.1, -0.05) is 6.08 Å². The van der Waals surface area contributed by atoms with Crippen LogP contribution in [0.3, 0.4) is 0 Å². The molecule has 0 saturated carbocycles. The maximum Gasteiger partial charge on any atom is 0.303 e. The topological polar surface area (TPSA) is 99.0 Å². The minimum atomic E-state index is -0.774. The summed E-state index contributed by atoms with van der Waals surface area (Å²) in [6, 6.07) is 8.28. The van der Waals surface area contributed by atoms with Crippen LogP contribution in [0.1, 0.15) is 36.9 Å². The molecule has 4 rings (SSSR count). The van der Waals surface area contributed by atoms with Crippen LogP contribution < -0.4 is 4.74 Å². The summed E-state index contributed by atoms with van der Waals surface area (Å²) >= 11 is 0. The summed E-state index contributed by atoms with van der Waals surface area (Å²) in [4.78, 5) is 18.6. The van der Waals surface area contributed by atoms with Crippen LogP contribution in [-0.2, 0) is 4.79 Å². The fraction of sp³-hybridized carbons (Fsp3) is 0.261. The number of nitrogens with one attached hydrogen (secondary N) is 1. The number of allylic oxidation sites excluding steroid dienone is 2. The lowest BCUT2D eigenvalue weighted by atomic mass is 9.86. The Balaban J connectivity index is 1.81. The number of methoxy groups -OCH3 is 1. The molecule has 2 aromatic heterocycles. The maximum absolute atomic E-state index is 14.0. The molecule has 1 unspecified atom stereocenters. The molecule has 7 heteroatoms. The number of aromatic nitrogens is 2. The second-order valence-electron chi connectivity index (χ2n) is 7.42. The summed E-state index contributed by atoms with van der Waals surface area (Å²) in [6.45, 7) is 0. The first-order valence-electron chi connectivity index (χ1n) is 9.67. The molecule has 0 bridgehead atoms. The fourth-order valence-electron chi connectivity index (χ4n) is 4.06. The van der Waals surface area contributed by atoms with Gasteiger partial charge >= 0.3 is 5.97 Å². The van der Waals surface area contributed by atoms with E-state index in [1.807, 2.05) is 6.07 Å². The Labute approximate surface area is 172 Å². The van der Waals surface area contributed by atoms with E-state index < -0.39 is 11.8 Å². The Morgan fingerprint density at radius 1 is 1.43 bits per heavy atom. The second kappa shape index (κ2) is 7.99. The summed E-state index contributed by atoms with van der Waals surface area (Å²) in [7, 11) is 1.50. The molecule has 0 radical (unpaired) electrons. The minimum Gasteiger partial charge on any atom is -0.496 e. The van der Waals surface area contributed by atoms with E-state index in [2.05, 4.69) is 22.1 Å². The van der Waals surface area contributed by atoms with Crippen molar-refractivity contribution in [3.63, 3.8) is 0 Å². The van der Waals surface area contributed by atoms with Crippen LogP contribution in [0.15, 0.2) is 36.5 Å². The zero-order valence-corrected chi connectivity index (χ0v) is 16.4. The Morgan fingerprint density at radius 3 is 2.93 bits per heavy atom. The lowest BCUT2D eigenvalue weighted by Crippen LogP contribution is -2.10. The van der Waals surface area contributed by atoms with Gasteiger partial charge in [-0.15, -0.1) is 0 Å². The van der Waals surface area contributed by atoms with E-state index in [4.69, 9.17) is 9.84 Å². The molecule has 0 spiro atoms. The number of aromatic amines is 1. The predicted octanol–water partition coefficient (Wildman–Crippen LogP) is 4.91. The summed E-state index contributed by atoms with van der Waals surface area (Å²) in [5.41, 5.74) is 3.95. The van der Waals surface area contributed by atoms with Crippen molar-refractivity contribution in [1.29, 1.82) is 5.26 Å². The largest absolute Gasteiger partial charge is 0.496 e. The quantitative estimate of drug-likeness (QED) is 0.628. The van der Waals surface area contributed by atoms with Gasteiger partial charge in [0, 0.05) is 34.8 Å². The number of hydrogen-bond acceptors (Lipinski definition) is 4. The van der Waals surface area contributed by atoms with Gasteiger partial charge in [-0.25, -0.2) is 9.37 Å². The highest BCUT2D eigenvalue weighted by Crippen LogP contribution is 2.39. The average molecular weight is 405 g/mol. The van der Waals surface area contributed by atoms with Crippen LogP contribution in [0, 0.1) is 23.1 Å². The molecule has 1 aliphatic carbocycles. The monoisotopic (exact) mass is 405 g/mol. The third-order valence-corrected chi connectivity index (χ3v) is 5.54. The van der Waals surface area contributed by atoms with Crippen molar-refractivity contribution in [3.05, 3.63) is 53.6 Å². The highest BCUT2D eigenvalue weighted by atomic mass is 19.1. The first-order chi connectivity index (χ1) is 14.5. The van der Waals surface area contributed by atoms with E-state index >= 15 is 0 Å². The van der Waals surface area contributed by atoms with Crippen molar-refractivity contribution in [2.24, 2.45) is 5.92 Å². The highest BCUT2D eigenvalue weighted by molar-refractivity contribution is 5.99. The van der Waals surface area contributed by atoms with Crippen LogP contribution in [0.4, 0.5) is 4.39 Å². The van der Waals surface area contributed by atoms with Crippen molar-refractivity contribution >= 4 is 22.6 Å². The number of carboxylic acids is 1. The Kier molecular flexibility index (Phi) is 5.23. The van der Waals surface area contributed by atoms with Crippen LogP contribution in [0.5, 0.6) is 5.75 Å². The SMILES string of the molecule is COc1ccc(F)cc1-c1c(C#N)cnc2[nH]c(C3=CCC(CC(=O)O)CC3)cc12. The van der Waals surface area contributed by atoms with Gasteiger partial charge in [-0.3, -0.25) is 4.79 Å². The van der Waals surface area contributed by atoms with Crippen molar-refractivity contribution < 1.29 is 19.0 Å². The van der Waals surface area contributed by atoms with Gasteiger partial charge in [0.15, 0.2) is 0 Å². The fourth-order valence-corrected chi connectivity index (χ4v) is 4.06. The number of hydrogen-bond donors (Lipinski definition) is 2.